The van der Waals surface area contributed by atoms with Crippen molar-refractivity contribution < 1.29 is 14.3 Å². The van der Waals surface area contributed by atoms with Crippen LogP contribution in [-0.2, 0) is 11.2 Å². The summed E-state index contributed by atoms with van der Waals surface area (Å²) in [6, 6.07) is 12.4. The second kappa shape index (κ2) is 9.02. The Hall–Kier alpha value is -2.37. The first kappa shape index (κ1) is 19.4. The number of fused-ring (bicyclic) bond motifs is 1. The first-order chi connectivity index (χ1) is 13.1. The van der Waals surface area contributed by atoms with Gasteiger partial charge in [0.2, 0.25) is 0 Å². The van der Waals surface area contributed by atoms with Crippen molar-refractivity contribution >= 4 is 29.1 Å². The standard InChI is InChI=1S/C21H23ClN2O3/c1-27-13-3-11-23-20(25)17-7-10-19-16(14-17)4-2-12-24(19)21(26)15-5-8-18(22)9-6-15/h5-10,14H,2-4,11-13H2,1H3,(H,23,25). The maximum atomic E-state index is 12.9. The summed E-state index contributed by atoms with van der Waals surface area (Å²) in [5, 5.41) is 3.50. The van der Waals surface area contributed by atoms with Crippen molar-refractivity contribution in [2.45, 2.75) is 19.3 Å². The van der Waals surface area contributed by atoms with E-state index < -0.39 is 0 Å². The van der Waals surface area contributed by atoms with Crippen LogP contribution in [0.15, 0.2) is 42.5 Å². The number of nitrogens with zero attached hydrogens (tertiary/aromatic N) is 1. The zero-order valence-corrected chi connectivity index (χ0v) is 16.1. The number of carbonyl (C=O) groups excluding carboxylic acids is 2. The average molecular weight is 387 g/mol. The first-order valence-electron chi connectivity index (χ1n) is 9.07. The molecule has 0 saturated carbocycles. The van der Waals surface area contributed by atoms with Crippen molar-refractivity contribution in [3.63, 3.8) is 0 Å². The van der Waals surface area contributed by atoms with Gasteiger partial charge < -0.3 is 15.0 Å². The molecule has 1 aliphatic rings. The molecule has 1 aliphatic heterocycles. The summed E-state index contributed by atoms with van der Waals surface area (Å²) in [4.78, 5) is 27.0. The Balaban J connectivity index is 1.75. The second-order valence-electron chi connectivity index (χ2n) is 6.51. The van der Waals surface area contributed by atoms with Gasteiger partial charge in [-0.15, -0.1) is 0 Å². The Kier molecular flexibility index (Phi) is 6.48. The van der Waals surface area contributed by atoms with Crippen LogP contribution in [0.5, 0.6) is 0 Å². The average Bonchev–Trinajstić information content (AvgIpc) is 2.70. The zero-order chi connectivity index (χ0) is 19.2. The highest BCUT2D eigenvalue weighted by atomic mass is 35.5. The van der Waals surface area contributed by atoms with Crippen molar-refractivity contribution in [1.82, 2.24) is 5.32 Å². The van der Waals surface area contributed by atoms with Gasteiger partial charge in [-0.25, -0.2) is 0 Å². The molecule has 5 nitrogen and oxygen atoms in total. The van der Waals surface area contributed by atoms with Crippen molar-refractivity contribution in [3.8, 4) is 0 Å². The number of hydrogen-bond donors (Lipinski definition) is 1. The van der Waals surface area contributed by atoms with E-state index in [1.165, 1.54) is 0 Å². The van der Waals surface area contributed by atoms with E-state index in [0.717, 1.165) is 30.5 Å². The minimum Gasteiger partial charge on any atom is -0.385 e. The molecule has 6 heteroatoms. The quantitative estimate of drug-likeness (QED) is 0.770. The number of nitrogens with one attached hydrogen (secondary N) is 1. The molecule has 0 bridgehead atoms. The van der Waals surface area contributed by atoms with Crippen LogP contribution in [0, 0.1) is 0 Å². The predicted molar refractivity (Wildman–Crippen MR) is 107 cm³/mol. The lowest BCUT2D eigenvalue weighted by atomic mass is 9.98. The van der Waals surface area contributed by atoms with E-state index in [2.05, 4.69) is 5.32 Å². The Morgan fingerprint density at radius 2 is 1.89 bits per heavy atom. The third kappa shape index (κ3) is 4.67. The SMILES string of the molecule is COCCCNC(=O)c1ccc2c(c1)CCCN2C(=O)c1ccc(Cl)cc1. The highest BCUT2D eigenvalue weighted by molar-refractivity contribution is 6.30. The maximum absolute atomic E-state index is 12.9. The number of halogens is 1. The molecule has 2 aromatic rings. The highest BCUT2D eigenvalue weighted by Gasteiger charge is 2.24. The third-order valence-corrected chi connectivity index (χ3v) is 4.86. The number of carbonyl (C=O) groups is 2. The van der Waals surface area contributed by atoms with Crippen LogP contribution >= 0.6 is 11.6 Å². The fraction of sp³-hybridized carbons (Fsp3) is 0.333. The number of rotatable bonds is 6. The van der Waals surface area contributed by atoms with Gasteiger partial charge in [0, 0.05) is 48.6 Å². The van der Waals surface area contributed by atoms with E-state index >= 15 is 0 Å². The van der Waals surface area contributed by atoms with Gasteiger partial charge in [0.25, 0.3) is 11.8 Å². The van der Waals surface area contributed by atoms with Gasteiger partial charge in [0.15, 0.2) is 0 Å². The molecule has 0 saturated heterocycles. The molecular formula is C21H23ClN2O3. The molecule has 0 spiro atoms. The van der Waals surface area contributed by atoms with Crippen LogP contribution < -0.4 is 10.2 Å². The lowest BCUT2D eigenvalue weighted by Crippen LogP contribution is -2.35. The molecule has 1 N–H and O–H groups in total. The van der Waals surface area contributed by atoms with E-state index in [0.29, 0.717) is 35.8 Å². The Labute approximate surface area is 164 Å². The molecule has 27 heavy (non-hydrogen) atoms. The van der Waals surface area contributed by atoms with Crippen LogP contribution in [0.4, 0.5) is 5.69 Å². The molecule has 2 amide bonds. The number of anilines is 1. The molecule has 1 heterocycles. The fourth-order valence-electron chi connectivity index (χ4n) is 3.22. The van der Waals surface area contributed by atoms with Crippen LogP contribution in [0.1, 0.15) is 39.1 Å². The predicted octanol–water partition coefficient (Wildman–Crippen LogP) is 3.70. The summed E-state index contributed by atoms with van der Waals surface area (Å²) in [7, 11) is 1.64. The molecule has 0 radical (unpaired) electrons. The van der Waals surface area contributed by atoms with Crippen LogP contribution in [0.3, 0.4) is 0 Å². The van der Waals surface area contributed by atoms with Gasteiger partial charge in [-0.2, -0.15) is 0 Å². The van der Waals surface area contributed by atoms with Crippen molar-refractivity contribution in [2.75, 3.05) is 31.7 Å². The maximum Gasteiger partial charge on any atom is 0.258 e. The monoisotopic (exact) mass is 386 g/mol. The summed E-state index contributed by atoms with van der Waals surface area (Å²) < 4.78 is 4.98. The molecule has 0 fully saturated rings. The van der Waals surface area contributed by atoms with E-state index in [1.807, 2.05) is 12.1 Å². The van der Waals surface area contributed by atoms with E-state index in [1.54, 1.807) is 42.3 Å². The molecule has 3 rings (SSSR count). The number of benzene rings is 2. The van der Waals surface area contributed by atoms with Gasteiger partial charge in [-0.05, 0) is 67.3 Å². The topological polar surface area (TPSA) is 58.6 Å². The number of methoxy groups -OCH3 is 1. The minimum atomic E-state index is -0.102. The highest BCUT2D eigenvalue weighted by Crippen LogP contribution is 2.29. The molecule has 2 aromatic carbocycles. The van der Waals surface area contributed by atoms with Gasteiger partial charge in [0.1, 0.15) is 0 Å². The number of ether oxygens (including phenoxy) is 1. The summed E-state index contributed by atoms with van der Waals surface area (Å²) in [5.74, 6) is -0.153. The lowest BCUT2D eigenvalue weighted by molar-refractivity contribution is 0.0947. The lowest BCUT2D eigenvalue weighted by Gasteiger charge is -2.30. The van der Waals surface area contributed by atoms with Crippen LogP contribution in [0.2, 0.25) is 5.02 Å². The van der Waals surface area contributed by atoms with Crippen LogP contribution in [-0.4, -0.2) is 38.6 Å². The smallest absolute Gasteiger partial charge is 0.258 e. The number of amides is 2. The van der Waals surface area contributed by atoms with E-state index in [-0.39, 0.29) is 11.8 Å². The largest absolute Gasteiger partial charge is 0.385 e. The zero-order valence-electron chi connectivity index (χ0n) is 15.3. The molecule has 0 atom stereocenters. The van der Waals surface area contributed by atoms with Crippen molar-refractivity contribution in [2.24, 2.45) is 0 Å². The van der Waals surface area contributed by atoms with E-state index in [4.69, 9.17) is 16.3 Å². The molecule has 0 unspecified atom stereocenters. The van der Waals surface area contributed by atoms with E-state index in [9.17, 15) is 9.59 Å². The van der Waals surface area contributed by atoms with Gasteiger partial charge in [-0.1, -0.05) is 11.6 Å². The normalized spacial score (nSPS) is 13.2. The van der Waals surface area contributed by atoms with Gasteiger partial charge >= 0.3 is 0 Å². The molecule has 0 aliphatic carbocycles. The third-order valence-electron chi connectivity index (χ3n) is 4.61. The summed E-state index contributed by atoms with van der Waals surface area (Å²) in [6.07, 6.45) is 2.49. The number of hydrogen-bond acceptors (Lipinski definition) is 3. The Morgan fingerprint density at radius 3 is 2.63 bits per heavy atom. The molecular weight excluding hydrogens is 364 g/mol. The number of aryl methyl sites for hydroxylation is 1. The van der Waals surface area contributed by atoms with Crippen molar-refractivity contribution in [3.05, 3.63) is 64.2 Å². The summed E-state index contributed by atoms with van der Waals surface area (Å²) >= 11 is 5.91. The van der Waals surface area contributed by atoms with Gasteiger partial charge in [0.05, 0.1) is 0 Å². The Morgan fingerprint density at radius 1 is 1.15 bits per heavy atom. The summed E-state index contributed by atoms with van der Waals surface area (Å²) in [6.45, 7) is 1.86. The first-order valence-corrected chi connectivity index (χ1v) is 9.45. The fourth-order valence-corrected chi connectivity index (χ4v) is 3.34. The second-order valence-corrected chi connectivity index (χ2v) is 6.95. The molecule has 0 aromatic heterocycles. The molecule has 142 valence electrons. The van der Waals surface area contributed by atoms with Crippen LogP contribution in [0.25, 0.3) is 0 Å². The van der Waals surface area contributed by atoms with Gasteiger partial charge in [-0.3, -0.25) is 9.59 Å². The summed E-state index contributed by atoms with van der Waals surface area (Å²) in [5.41, 5.74) is 3.12. The Bertz CT molecular complexity index is 821. The van der Waals surface area contributed by atoms with Crippen molar-refractivity contribution in [1.29, 1.82) is 0 Å². The minimum absolute atomic E-state index is 0.0515.